The number of hydrogen-bond donors (Lipinski definition) is 0. The van der Waals surface area contributed by atoms with Crippen molar-refractivity contribution in [1.82, 2.24) is 0 Å². The van der Waals surface area contributed by atoms with Crippen LogP contribution in [-0.2, 0) is 19.8 Å². The van der Waals surface area contributed by atoms with Gasteiger partial charge in [-0.15, -0.1) is 0 Å². The number of methoxy groups -OCH3 is 2. The second kappa shape index (κ2) is 16.6. The first-order valence-corrected chi connectivity index (χ1v) is 14.8. The molecule has 218 valence electrons. The zero-order chi connectivity index (χ0) is 29.9. The van der Waals surface area contributed by atoms with E-state index in [-0.39, 0.29) is 33.0 Å². The molecular formula is C36H33LiO6P+. The molecule has 0 bridgehead atoms. The molecule has 0 radical (unpaired) electrons. The van der Waals surface area contributed by atoms with E-state index in [1.165, 1.54) is 14.2 Å². The molecule has 0 aliphatic heterocycles. The van der Waals surface area contributed by atoms with Crippen LogP contribution in [0, 0.1) is 0 Å². The second-order valence-electron chi connectivity index (χ2n) is 9.61. The Morgan fingerprint density at radius 3 is 1.36 bits per heavy atom. The molecule has 1 unspecified atom stereocenters. The van der Waals surface area contributed by atoms with E-state index in [1.54, 1.807) is 18.2 Å². The first kappa shape index (κ1) is 32.7. The Balaban J connectivity index is 0.00000442. The van der Waals surface area contributed by atoms with Crippen molar-refractivity contribution in [2.75, 3.05) is 14.2 Å². The summed E-state index contributed by atoms with van der Waals surface area (Å²) in [6.45, 7) is 0.992. The number of benzene rings is 5. The Hall–Kier alpha value is -4.20. The van der Waals surface area contributed by atoms with E-state index < -0.39 is 0 Å². The van der Waals surface area contributed by atoms with E-state index in [2.05, 4.69) is 0 Å². The van der Waals surface area contributed by atoms with Gasteiger partial charge < -0.3 is 23.7 Å². The second-order valence-corrected chi connectivity index (χ2v) is 10.8. The largest absolute Gasteiger partial charge is 1.00 e. The maximum Gasteiger partial charge on any atom is 1.00 e. The molecule has 1 atom stereocenters. The van der Waals surface area contributed by atoms with Gasteiger partial charge in [0.05, 0.1) is 19.5 Å². The van der Waals surface area contributed by atoms with Crippen LogP contribution in [0.3, 0.4) is 0 Å². The van der Waals surface area contributed by atoms with Crippen LogP contribution < -0.4 is 47.8 Å². The zero-order valence-corrected chi connectivity index (χ0v) is 26.1. The van der Waals surface area contributed by atoms with Gasteiger partial charge in [-0.3, -0.25) is 4.79 Å². The van der Waals surface area contributed by atoms with Gasteiger partial charge in [0.25, 0.3) is 0 Å². The fraction of sp³-hybridized carbons (Fsp3) is 0.139. The van der Waals surface area contributed by atoms with Crippen molar-refractivity contribution in [2.45, 2.75) is 19.8 Å². The van der Waals surface area contributed by atoms with Crippen LogP contribution >= 0.6 is 8.58 Å². The van der Waals surface area contributed by atoms with Gasteiger partial charge in [0.2, 0.25) is 0 Å². The average Bonchev–Trinajstić information content (AvgIpc) is 3.07. The third-order valence-corrected chi connectivity index (χ3v) is 7.88. The SMILES string of the molecule is COc1cccc(OC)c1C(=O)Pc1c(OCc2ccccc2)cc(OCc2ccccc2)cc1OCc1ccccc1.[Li+]. The molecule has 0 aliphatic carbocycles. The van der Waals surface area contributed by atoms with Crippen molar-refractivity contribution in [3.05, 3.63) is 144 Å². The third-order valence-electron chi connectivity index (χ3n) is 6.66. The van der Waals surface area contributed by atoms with Crippen molar-refractivity contribution in [3.63, 3.8) is 0 Å². The predicted molar refractivity (Wildman–Crippen MR) is 171 cm³/mol. The maximum absolute atomic E-state index is 13.9. The number of carbonyl (C=O) groups is 1. The fourth-order valence-corrected chi connectivity index (χ4v) is 5.60. The molecule has 5 aromatic carbocycles. The fourth-order valence-electron chi connectivity index (χ4n) is 4.46. The molecule has 0 amide bonds. The van der Waals surface area contributed by atoms with Crippen LogP contribution in [0.2, 0.25) is 0 Å². The monoisotopic (exact) mass is 599 g/mol. The summed E-state index contributed by atoms with van der Waals surface area (Å²) in [7, 11) is 2.73. The molecule has 0 spiro atoms. The standard InChI is InChI=1S/C36H33O6P.Li/c1-38-30-19-12-20-31(39-2)34(30)36(37)43-35-32(41-24-27-15-8-4-9-16-27)21-29(40-23-26-13-6-3-7-14-26)22-33(35)42-25-28-17-10-5-11-18-28;/h3-22,43H,23-25H2,1-2H3;/q;+1. The summed E-state index contributed by atoms with van der Waals surface area (Å²) in [4.78, 5) is 13.9. The number of ether oxygens (including phenoxy) is 5. The van der Waals surface area contributed by atoms with Gasteiger partial charge in [0.15, 0.2) is 5.52 Å². The molecule has 0 saturated carbocycles. The Labute approximate surface area is 272 Å². The molecule has 6 nitrogen and oxygen atoms in total. The van der Waals surface area contributed by atoms with Crippen molar-refractivity contribution >= 4 is 19.4 Å². The van der Waals surface area contributed by atoms with Crippen LogP contribution in [-0.4, -0.2) is 19.7 Å². The average molecular weight is 600 g/mol. The summed E-state index contributed by atoms with van der Waals surface area (Å²) < 4.78 is 30.1. The van der Waals surface area contributed by atoms with Crippen molar-refractivity contribution in [2.24, 2.45) is 0 Å². The maximum atomic E-state index is 13.9. The van der Waals surface area contributed by atoms with Crippen molar-refractivity contribution in [3.8, 4) is 28.7 Å². The van der Waals surface area contributed by atoms with Gasteiger partial charge in [-0.1, -0.05) is 97.1 Å². The molecule has 0 N–H and O–H groups in total. The topological polar surface area (TPSA) is 63.2 Å². The van der Waals surface area contributed by atoms with E-state index >= 15 is 0 Å². The summed E-state index contributed by atoms with van der Waals surface area (Å²) in [6.07, 6.45) is 0. The number of rotatable bonds is 14. The summed E-state index contributed by atoms with van der Waals surface area (Å²) in [5.41, 5.74) is 3.23. The van der Waals surface area contributed by atoms with Crippen molar-refractivity contribution < 1.29 is 47.3 Å². The van der Waals surface area contributed by atoms with Gasteiger partial charge in [0, 0.05) is 12.1 Å². The number of carbonyl (C=O) groups excluding carboxylic acids is 1. The van der Waals surface area contributed by atoms with Crippen LogP contribution in [0.4, 0.5) is 0 Å². The van der Waals surface area contributed by atoms with Crippen LogP contribution in [0.5, 0.6) is 28.7 Å². The molecule has 0 saturated heterocycles. The molecule has 5 aromatic rings. The van der Waals surface area contributed by atoms with Crippen LogP contribution in [0.15, 0.2) is 121 Å². The van der Waals surface area contributed by atoms with Gasteiger partial charge in [-0.2, -0.15) is 0 Å². The number of hydrogen-bond acceptors (Lipinski definition) is 6. The normalized spacial score (nSPS) is 10.6. The van der Waals surface area contributed by atoms with Crippen LogP contribution in [0.25, 0.3) is 0 Å². The first-order chi connectivity index (χ1) is 21.1. The molecule has 5 rings (SSSR count). The molecular weight excluding hydrogens is 566 g/mol. The molecule has 0 aromatic heterocycles. The van der Waals surface area contributed by atoms with Gasteiger partial charge >= 0.3 is 18.9 Å². The first-order valence-electron chi connectivity index (χ1n) is 13.8. The molecule has 0 fully saturated rings. The zero-order valence-electron chi connectivity index (χ0n) is 25.1. The smallest absolute Gasteiger partial charge is 0.496 e. The summed E-state index contributed by atoms with van der Waals surface area (Å²) in [5.74, 6) is 2.48. The molecule has 0 heterocycles. The Morgan fingerprint density at radius 1 is 0.545 bits per heavy atom. The third kappa shape index (κ3) is 8.68. The quantitative estimate of drug-likeness (QED) is 0.138. The van der Waals surface area contributed by atoms with E-state index in [0.29, 0.717) is 59.4 Å². The molecule has 0 aliphatic rings. The summed E-state index contributed by atoms with van der Waals surface area (Å²) >= 11 is 0. The minimum atomic E-state index is -0.346. The van der Waals surface area contributed by atoms with E-state index in [9.17, 15) is 4.79 Å². The molecule has 44 heavy (non-hydrogen) atoms. The van der Waals surface area contributed by atoms with Gasteiger partial charge in [0.1, 0.15) is 54.1 Å². The van der Waals surface area contributed by atoms with E-state index in [4.69, 9.17) is 23.7 Å². The van der Waals surface area contributed by atoms with E-state index in [1.807, 2.05) is 103 Å². The minimum absolute atomic E-state index is 0. The van der Waals surface area contributed by atoms with Crippen LogP contribution in [0.1, 0.15) is 27.0 Å². The Bertz CT molecular complexity index is 1540. The van der Waals surface area contributed by atoms with E-state index in [0.717, 1.165) is 16.7 Å². The minimum Gasteiger partial charge on any atom is -0.496 e. The summed E-state index contributed by atoms with van der Waals surface area (Å²) in [6, 6.07) is 38.7. The van der Waals surface area contributed by atoms with Gasteiger partial charge in [-0.25, -0.2) is 0 Å². The Morgan fingerprint density at radius 2 is 0.955 bits per heavy atom. The Kier molecular flexibility index (Phi) is 12.3. The predicted octanol–water partition coefficient (Wildman–Crippen LogP) is 4.59. The van der Waals surface area contributed by atoms with Gasteiger partial charge in [-0.05, 0) is 37.4 Å². The summed E-state index contributed by atoms with van der Waals surface area (Å²) in [5, 5.41) is 0.636. The molecule has 8 heteroatoms. The van der Waals surface area contributed by atoms with Crippen molar-refractivity contribution in [1.29, 1.82) is 0 Å².